The predicted octanol–water partition coefficient (Wildman–Crippen LogP) is 1.31. The number of piperidine rings is 1. The zero-order valence-electron chi connectivity index (χ0n) is 13.9. The van der Waals surface area contributed by atoms with Crippen LogP contribution in [0.15, 0.2) is 30.6 Å². The van der Waals surface area contributed by atoms with E-state index in [2.05, 4.69) is 15.3 Å². The van der Waals surface area contributed by atoms with Crippen molar-refractivity contribution >= 4 is 27.0 Å². The normalized spacial score (nSPS) is 26.7. The molecule has 2 aliphatic heterocycles. The summed E-state index contributed by atoms with van der Waals surface area (Å²) in [6, 6.07) is 5.26. The van der Waals surface area contributed by atoms with Crippen LogP contribution in [0.1, 0.15) is 36.0 Å². The van der Waals surface area contributed by atoms with Gasteiger partial charge in [0.2, 0.25) is 10.0 Å². The molecular weight excluding hydrogens is 340 g/mol. The van der Waals surface area contributed by atoms with E-state index in [1.165, 1.54) is 6.26 Å². The lowest BCUT2D eigenvalue weighted by molar-refractivity contribution is 0.0909. The van der Waals surface area contributed by atoms with Gasteiger partial charge >= 0.3 is 0 Å². The molecule has 1 aromatic heterocycles. The Hall–Kier alpha value is -2.06. The van der Waals surface area contributed by atoms with Crippen LogP contribution in [0, 0.1) is 0 Å². The first-order valence-corrected chi connectivity index (χ1v) is 10.3. The smallest absolute Gasteiger partial charge is 0.251 e. The number of nitrogens with one attached hydrogen (secondary N) is 1. The maximum absolute atomic E-state index is 12.6. The van der Waals surface area contributed by atoms with E-state index < -0.39 is 10.0 Å². The van der Waals surface area contributed by atoms with E-state index in [0.29, 0.717) is 23.9 Å². The van der Waals surface area contributed by atoms with E-state index in [-0.39, 0.29) is 24.0 Å². The monoisotopic (exact) mass is 360 g/mol. The lowest BCUT2D eigenvalue weighted by Gasteiger charge is -2.37. The highest BCUT2D eigenvalue weighted by molar-refractivity contribution is 7.88. The molecular formula is C17H20N4O3S. The van der Waals surface area contributed by atoms with Crippen LogP contribution in [0.2, 0.25) is 0 Å². The molecule has 0 spiro atoms. The van der Waals surface area contributed by atoms with E-state index in [0.717, 1.165) is 18.4 Å². The molecule has 1 amide bonds. The second-order valence-corrected chi connectivity index (χ2v) is 8.77. The predicted molar refractivity (Wildman–Crippen MR) is 93.5 cm³/mol. The van der Waals surface area contributed by atoms with Crippen molar-refractivity contribution in [1.82, 2.24) is 19.6 Å². The molecule has 2 bridgehead atoms. The van der Waals surface area contributed by atoms with Gasteiger partial charge in [-0.2, -0.15) is 4.31 Å². The standard InChI is InChI=1S/C17H20N4O3S/c1-25(23,24)21-13-3-4-14(21)10-12(9-13)20-17(22)11-2-5-15-16(8-11)19-7-6-18-15/h2,5-8,12-14H,3-4,9-10H2,1H3,(H,20,22). The number of benzene rings is 1. The van der Waals surface area contributed by atoms with Crippen molar-refractivity contribution in [3.05, 3.63) is 36.2 Å². The zero-order valence-corrected chi connectivity index (χ0v) is 14.7. The highest BCUT2D eigenvalue weighted by Crippen LogP contribution is 2.37. The quantitative estimate of drug-likeness (QED) is 0.891. The second-order valence-electron chi connectivity index (χ2n) is 6.88. The molecule has 3 heterocycles. The number of amides is 1. The Labute approximate surface area is 146 Å². The first-order valence-electron chi connectivity index (χ1n) is 8.42. The van der Waals surface area contributed by atoms with Gasteiger partial charge in [-0.1, -0.05) is 0 Å². The second kappa shape index (κ2) is 6.03. The van der Waals surface area contributed by atoms with E-state index in [9.17, 15) is 13.2 Å². The van der Waals surface area contributed by atoms with Crippen molar-refractivity contribution in [1.29, 1.82) is 0 Å². The van der Waals surface area contributed by atoms with Gasteiger partial charge in [0.1, 0.15) is 0 Å². The fraction of sp³-hybridized carbons (Fsp3) is 0.471. The van der Waals surface area contributed by atoms with Gasteiger partial charge in [-0.15, -0.1) is 0 Å². The van der Waals surface area contributed by atoms with Crippen LogP contribution in [-0.2, 0) is 10.0 Å². The molecule has 0 aliphatic carbocycles. The molecule has 1 N–H and O–H groups in total. The largest absolute Gasteiger partial charge is 0.349 e. The number of carbonyl (C=O) groups excluding carboxylic acids is 1. The summed E-state index contributed by atoms with van der Waals surface area (Å²) in [6.45, 7) is 0. The molecule has 2 fully saturated rings. The van der Waals surface area contributed by atoms with Gasteiger partial charge in [0.05, 0.1) is 17.3 Å². The molecule has 2 aromatic rings. The van der Waals surface area contributed by atoms with Crippen LogP contribution < -0.4 is 5.32 Å². The minimum absolute atomic E-state index is 0.000513. The highest BCUT2D eigenvalue weighted by atomic mass is 32.2. The first-order chi connectivity index (χ1) is 11.9. The van der Waals surface area contributed by atoms with Crippen molar-refractivity contribution in [3.63, 3.8) is 0 Å². The van der Waals surface area contributed by atoms with Crippen molar-refractivity contribution < 1.29 is 13.2 Å². The van der Waals surface area contributed by atoms with Crippen LogP contribution >= 0.6 is 0 Å². The molecule has 25 heavy (non-hydrogen) atoms. The Kier molecular flexibility index (Phi) is 3.96. The van der Waals surface area contributed by atoms with Crippen LogP contribution in [0.4, 0.5) is 0 Å². The number of rotatable bonds is 3. The molecule has 1 aromatic carbocycles. The summed E-state index contributed by atoms with van der Waals surface area (Å²) < 4.78 is 25.5. The van der Waals surface area contributed by atoms with Gasteiger partial charge < -0.3 is 5.32 Å². The summed E-state index contributed by atoms with van der Waals surface area (Å²) in [6.07, 6.45) is 7.57. The van der Waals surface area contributed by atoms with E-state index in [1.807, 2.05) is 0 Å². The first kappa shape index (κ1) is 16.4. The molecule has 8 heteroatoms. The SMILES string of the molecule is CS(=O)(=O)N1C2CCC1CC(NC(=O)c1ccc3nccnc3c1)C2. The lowest BCUT2D eigenvalue weighted by atomic mass is 9.99. The summed E-state index contributed by atoms with van der Waals surface area (Å²) in [5.41, 5.74) is 1.98. The molecule has 2 unspecified atom stereocenters. The molecule has 2 atom stereocenters. The van der Waals surface area contributed by atoms with Gasteiger partial charge in [-0.3, -0.25) is 14.8 Å². The third-order valence-electron chi connectivity index (χ3n) is 5.12. The lowest BCUT2D eigenvalue weighted by Crippen LogP contribution is -2.52. The highest BCUT2D eigenvalue weighted by Gasteiger charge is 2.45. The summed E-state index contributed by atoms with van der Waals surface area (Å²) in [7, 11) is -3.18. The molecule has 4 rings (SSSR count). The number of hydrogen-bond acceptors (Lipinski definition) is 5. The van der Waals surface area contributed by atoms with Crippen LogP contribution in [0.5, 0.6) is 0 Å². The summed E-state index contributed by atoms with van der Waals surface area (Å²) in [5.74, 6) is -0.148. The minimum atomic E-state index is -3.18. The Balaban J connectivity index is 1.48. The van der Waals surface area contributed by atoms with Gasteiger partial charge in [0.15, 0.2) is 0 Å². The number of fused-ring (bicyclic) bond motifs is 3. The van der Waals surface area contributed by atoms with Crippen molar-refractivity contribution in [2.45, 2.75) is 43.8 Å². The van der Waals surface area contributed by atoms with Crippen LogP contribution in [0.25, 0.3) is 11.0 Å². The van der Waals surface area contributed by atoms with Crippen molar-refractivity contribution in [3.8, 4) is 0 Å². The van der Waals surface area contributed by atoms with E-state index in [1.54, 1.807) is 34.9 Å². The van der Waals surface area contributed by atoms with E-state index in [4.69, 9.17) is 0 Å². The van der Waals surface area contributed by atoms with Crippen LogP contribution in [0.3, 0.4) is 0 Å². The number of hydrogen-bond donors (Lipinski definition) is 1. The molecule has 2 saturated heterocycles. The van der Waals surface area contributed by atoms with Crippen molar-refractivity contribution in [2.24, 2.45) is 0 Å². The average Bonchev–Trinajstić information content (AvgIpc) is 2.87. The molecule has 7 nitrogen and oxygen atoms in total. The maximum atomic E-state index is 12.6. The number of carbonyl (C=O) groups is 1. The van der Waals surface area contributed by atoms with Gasteiger partial charge in [-0.05, 0) is 43.9 Å². The van der Waals surface area contributed by atoms with Crippen molar-refractivity contribution in [2.75, 3.05) is 6.26 Å². The van der Waals surface area contributed by atoms with Gasteiger partial charge in [0, 0.05) is 36.1 Å². The number of aromatic nitrogens is 2. The zero-order chi connectivity index (χ0) is 17.6. The fourth-order valence-electron chi connectivity index (χ4n) is 4.17. The third kappa shape index (κ3) is 3.11. The Bertz CT molecular complexity index is 916. The molecule has 0 saturated carbocycles. The van der Waals surface area contributed by atoms with E-state index >= 15 is 0 Å². The average molecular weight is 360 g/mol. The van der Waals surface area contributed by atoms with Gasteiger partial charge in [0.25, 0.3) is 5.91 Å². The molecule has 132 valence electrons. The Morgan fingerprint density at radius 2 is 1.76 bits per heavy atom. The third-order valence-corrected chi connectivity index (χ3v) is 6.48. The summed E-state index contributed by atoms with van der Waals surface area (Å²) in [4.78, 5) is 21.0. The summed E-state index contributed by atoms with van der Waals surface area (Å²) in [5, 5.41) is 3.06. The van der Waals surface area contributed by atoms with Gasteiger partial charge in [-0.25, -0.2) is 8.42 Å². The Morgan fingerprint density at radius 1 is 1.12 bits per heavy atom. The molecule has 2 aliphatic rings. The topological polar surface area (TPSA) is 92.3 Å². The number of nitrogens with zero attached hydrogens (tertiary/aromatic N) is 3. The minimum Gasteiger partial charge on any atom is -0.349 e. The van der Waals surface area contributed by atoms with Crippen LogP contribution in [-0.4, -0.2) is 53.0 Å². The Morgan fingerprint density at radius 3 is 2.40 bits per heavy atom. The summed E-state index contributed by atoms with van der Waals surface area (Å²) >= 11 is 0. The number of sulfonamides is 1. The fourth-order valence-corrected chi connectivity index (χ4v) is 5.63. The molecule has 0 radical (unpaired) electrons. The maximum Gasteiger partial charge on any atom is 0.251 e.